The van der Waals surface area contributed by atoms with Crippen molar-refractivity contribution in [2.45, 2.75) is 4.90 Å². The van der Waals surface area contributed by atoms with Gasteiger partial charge in [0.15, 0.2) is 0 Å². The highest BCUT2D eigenvalue weighted by molar-refractivity contribution is 9.10. The Morgan fingerprint density at radius 1 is 1.20 bits per heavy atom. The second kappa shape index (κ2) is 5.53. The van der Waals surface area contributed by atoms with E-state index < -0.39 is 10.0 Å². The molecule has 0 unspecified atom stereocenters. The third kappa shape index (κ3) is 2.92. The van der Waals surface area contributed by atoms with Crippen LogP contribution in [-0.2, 0) is 10.0 Å². The maximum atomic E-state index is 12.3. The molecule has 2 aromatic rings. The number of rotatable bonds is 3. The minimum absolute atomic E-state index is 0.0637. The molecule has 0 atom stereocenters. The largest absolute Gasteiger partial charge is 0.399 e. The Labute approximate surface area is 125 Å². The van der Waals surface area contributed by atoms with Gasteiger partial charge in [0, 0.05) is 10.2 Å². The van der Waals surface area contributed by atoms with Gasteiger partial charge in [0.25, 0.3) is 10.0 Å². The highest BCUT2D eigenvalue weighted by atomic mass is 79.9. The Bertz CT molecular complexity index is 798. The van der Waals surface area contributed by atoms with Crippen molar-refractivity contribution < 1.29 is 8.42 Å². The number of nitrogens with one attached hydrogen (secondary N) is 1. The van der Waals surface area contributed by atoms with Crippen LogP contribution in [0.4, 0.5) is 11.4 Å². The highest BCUT2D eigenvalue weighted by Gasteiger charge is 2.19. The van der Waals surface area contributed by atoms with Gasteiger partial charge in [-0.2, -0.15) is 5.26 Å². The second-order valence-corrected chi connectivity index (χ2v) is 6.46. The number of nitriles is 1. The van der Waals surface area contributed by atoms with Crippen LogP contribution in [0, 0.1) is 11.3 Å². The van der Waals surface area contributed by atoms with Crippen molar-refractivity contribution in [3.63, 3.8) is 0 Å². The number of nitrogens with two attached hydrogens (primary N) is 1. The van der Waals surface area contributed by atoms with Crippen molar-refractivity contribution in [1.82, 2.24) is 0 Å². The maximum absolute atomic E-state index is 12.3. The summed E-state index contributed by atoms with van der Waals surface area (Å²) in [5.41, 5.74) is 6.55. The first-order valence-electron chi connectivity index (χ1n) is 5.51. The fourth-order valence-electron chi connectivity index (χ4n) is 1.61. The molecule has 0 aliphatic heterocycles. The van der Waals surface area contributed by atoms with Gasteiger partial charge in [-0.15, -0.1) is 0 Å². The predicted octanol–water partition coefficient (Wildman–Crippen LogP) is 2.70. The smallest absolute Gasteiger partial charge is 0.263 e. The van der Waals surface area contributed by atoms with E-state index in [4.69, 9.17) is 11.0 Å². The molecule has 0 amide bonds. The van der Waals surface area contributed by atoms with Crippen molar-refractivity contribution >= 4 is 37.3 Å². The molecule has 0 saturated heterocycles. The van der Waals surface area contributed by atoms with Crippen LogP contribution in [0.1, 0.15) is 5.56 Å². The van der Waals surface area contributed by atoms with E-state index >= 15 is 0 Å². The van der Waals surface area contributed by atoms with E-state index in [1.165, 1.54) is 12.1 Å². The monoisotopic (exact) mass is 351 g/mol. The summed E-state index contributed by atoms with van der Waals surface area (Å²) in [4.78, 5) is -0.0637. The normalized spacial score (nSPS) is 10.8. The lowest BCUT2D eigenvalue weighted by molar-refractivity contribution is 0.601. The summed E-state index contributed by atoms with van der Waals surface area (Å²) in [6.07, 6.45) is 0. The maximum Gasteiger partial charge on any atom is 0.263 e. The summed E-state index contributed by atoms with van der Waals surface area (Å²) >= 11 is 3.24. The predicted molar refractivity (Wildman–Crippen MR) is 80.5 cm³/mol. The van der Waals surface area contributed by atoms with Crippen molar-refractivity contribution in [2.75, 3.05) is 10.5 Å². The summed E-state index contributed by atoms with van der Waals surface area (Å²) in [5.74, 6) is 0. The first-order valence-corrected chi connectivity index (χ1v) is 7.78. The summed E-state index contributed by atoms with van der Waals surface area (Å²) < 4.78 is 27.6. The van der Waals surface area contributed by atoms with Crippen LogP contribution in [-0.4, -0.2) is 8.42 Å². The average molecular weight is 352 g/mol. The van der Waals surface area contributed by atoms with E-state index in [2.05, 4.69) is 20.7 Å². The fourth-order valence-corrected chi connectivity index (χ4v) is 3.47. The molecule has 5 nitrogen and oxygen atoms in total. The molecule has 0 saturated carbocycles. The summed E-state index contributed by atoms with van der Waals surface area (Å²) in [6.45, 7) is 0. The molecule has 0 radical (unpaired) electrons. The molecule has 20 heavy (non-hydrogen) atoms. The van der Waals surface area contributed by atoms with Gasteiger partial charge < -0.3 is 5.73 Å². The lowest BCUT2D eigenvalue weighted by atomic mass is 10.2. The molecule has 102 valence electrons. The standard InChI is InChI=1S/C13H10BrN3O2S/c14-11-7-10(16)5-6-12(11)17-20(18,19)13-4-2-1-3-9(13)8-15/h1-7,17H,16H2. The molecule has 0 heterocycles. The Morgan fingerprint density at radius 3 is 2.55 bits per heavy atom. The Kier molecular flexibility index (Phi) is 3.97. The minimum atomic E-state index is -3.83. The molecule has 0 aliphatic carbocycles. The zero-order valence-electron chi connectivity index (χ0n) is 10.2. The van der Waals surface area contributed by atoms with Crippen LogP contribution in [0.5, 0.6) is 0 Å². The third-order valence-electron chi connectivity index (χ3n) is 2.53. The molecule has 0 bridgehead atoms. The van der Waals surface area contributed by atoms with Crippen LogP contribution >= 0.6 is 15.9 Å². The van der Waals surface area contributed by atoms with Gasteiger partial charge >= 0.3 is 0 Å². The lowest BCUT2D eigenvalue weighted by Gasteiger charge is -2.11. The van der Waals surface area contributed by atoms with Crippen LogP contribution in [0.3, 0.4) is 0 Å². The SMILES string of the molecule is N#Cc1ccccc1S(=O)(=O)Nc1ccc(N)cc1Br. The van der Waals surface area contributed by atoms with Crippen LogP contribution < -0.4 is 10.5 Å². The second-order valence-electron chi connectivity index (χ2n) is 3.95. The Morgan fingerprint density at radius 2 is 1.90 bits per heavy atom. The molecule has 0 aromatic heterocycles. The van der Waals surface area contributed by atoms with Gasteiger partial charge in [0.1, 0.15) is 11.0 Å². The molecule has 2 rings (SSSR count). The molecule has 7 heteroatoms. The molecular weight excluding hydrogens is 342 g/mol. The van der Waals surface area contributed by atoms with Crippen LogP contribution in [0.25, 0.3) is 0 Å². The zero-order chi connectivity index (χ0) is 14.8. The van der Waals surface area contributed by atoms with E-state index in [1.807, 2.05) is 6.07 Å². The number of nitrogen functional groups attached to an aromatic ring is 1. The summed E-state index contributed by atoms with van der Waals surface area (Å²) in [7, 11) is -3.83. The van der Waals surface area contributed by atoms with Crippen LogP contribution in [0.15, 0.2) is 51.8 Å². The number of nitrogens with zero attached hydrogens (tertiary/aromatic N) is 1. The molecular formula is C13H10BrN3O2S. The molecule has 0 spiro atoms. The molecule has 3 N–H and O–H groups in total. The van der Waals surface area contributed by atoms with E-state index in [0.717, 1.165) is 0 Å². The van der Waals surface area contributed by atoms with Crippen LogP contribution in [0.2, 0.25) is 0 Å². The zero-order valence-corrected chi connectivity index (χ0v) is 12.6. The van der Waals surface area contributed by atoms with Crippen molar-refractivity contribution in [3.8, 4) is 6.07 Å². The highest BCUT2D eigenvalue weighted by Crippen LogP contribution is 2.27. The van der Waals surface area contributed by atoms with Gasteiger partial charge in [-0.3, -0.25) is 4.72 Å². The third-order valence-corrected chi connectivity index (χ3v) is 4.61. The van der Waals surface area contributed by atoms with Gasteiger partial charge in [0.05, 0.1) is 11.3 Å². The van der Waals surface area contributed by atoms with Gasteiger partial charge in [-0.1, -0.05) is 12.1 Å². The molecule has 0 aliphatic rings. The summed E-state index contributed by atoms with van der Waals surface area (Å²) in [6, 6.07) is 12.6. The average Bonchev–Trinajstić information content (AvgIpc) is 2.42. The number of benzene rings is 2. The van der Waals surface area contributed by atoms with E-state index in [-0.39, 0.29) is 10.5 Å². The quantitative estimate of drug-likeness (QED) is 0.830. The van der Waals surface area contributed by atoms with Gasteiger partial charge in [-0.25, -0.2) is 8.42 Å². The van der Waals surface area contributed by atoms with E-state index in [9.17, 15) is 8.42 Å². The first kappa shape index (κ1) is 14.4. The number of hydrogen-bond acceptors (Lipinski definition) is 4. The number of hydrogen-bond donors (Lipinski definition) is 2. The van der Waals surface area contributed by atoms with Crippen molar-refractivity contribution in [2.24, 2.45) is 0 Å². The summed E-state index contributed by atoms with van der Waals surface area (Å²) in [5, 5.41) is 8.97. The van der Waals surface area contributed by atoms with Gasteiger partial charge in [-0.05, 0) is 46.3 Å². The van der Waals surface area contributed by atoms with Crippen molar-refractivity contribution in [1.29, 1.82) is 5.26 Å². The molecule has 2 aromatic carbocycles. The number of sulfonamides is 1. The Balaban J connectivity index is 2.44. The van der Waals surface area contributed by atoms with E-state index in [1.54, 1.807) is 30.3 Å². The van der Waals surface area contributed by atoms with Crippen molar-refractivity contribution in [3.05, 3.63) is 52.5 Å². The topological polar surface area (TPSA) is 96.0 Å². The minimum Gasteiger partial charge on any atom is -0.399 e. The number of halogens is 1. The first-order chi connectivity index (χ1) is 9.44. The van der Waals surface area contributed by atoms with Gasteiger partial charge in [0.2, 0.25) is 0 Å². The lowest BCUT2D eigenvalue weighted by Crippen LogP contribution is -2.14. The Hall–Kier alpha value is -2.04. The molecule has 0 fully saturated rings. The fraction of sp³-hybridized carbons (Fsp3) is 0. The number of anilines is 2. The van der Waals surface area contributed by atoms with E-state index in [0.29, 0.717) is 15.8 Å².